The smallest absolute Gasteiger partial charge is 0.0185 e. The Labute approximate surface area is 171 Å². The van der Waals surface area contributed by atoms with Crippen LogP contribution in [0.1, 0.15) is 152 Å². The lowest BCUT2D eigenvalue weighted by atomic mass is 9.75. The molecule has 0 amide bonds. The zero-order valence-electron chi connectivity index (χ0n) is 19.9. The molecule has 0 heteroatoms. The summed E-state index contributed by atoms with van der Waals surface area (Å²) >= 11 is 0. The minimum atomic E-state index is 0.623. The van der Waals surface area contributed by atoms with Gasteiger partial charge in [0.05, 0.1) is 0 Å². The second-order valence-corrected chi connectivity index (χ2v) is 9.35. The van der Waals surface area contributed by atoms with E-state index >= 15 is 0 Å². The lowest BCUT2D eigenvalue weighted by Crippen LogP contribution is -2.14. The Morgan fingerprint density at radius 3 is 1.37 bits per heavy atom. The van der Waals surface area contributed by atoms with Gasteiger partial charge in [-0.15, -0.1) is 0 Å². The van der Waals surface area contributed by atoms with Gasteiger partial charge in [-0.2, -0.15) is 0 Å². The number of rotatable bonds is 13. The van der Waals surface area contributed by atoms with Gasteiger partial charge in [0, 0.05) is 0 Å². The fraction of sp³-hybridized carbons (Fsp3) is 0.778. The van der Waals surface area contributed by atoms with Crippen LogP contribution in [0.3, 0.4) is 0 Å². The van der Waals surface area contributed by atoms with E-state index in [0.29, 0.717) is 17.8 Å². The molecule has 0 aromatic heterocycles. The lowest BCUT2D eigenvalue weighted by molar-refractivity contribution is 0.623. The monoisotopic (exact) mass is 372 g/mol. The highest BCUT2D eigenvalue weighted by Gasteiger charge is 2.24. The fourth-order valence-electron chi connectivity index (χ4n) is 4.87. The first-order chi connectivity index (χ1) is 12.9. The summed E-state index contributed by atoms with van der Waals surface area (Å²) in [6.07, 6.45) is 13.1. The lowest BCUT2D eigenvalue weighted by Gasteiger charge is -2.30. The average molecular weight is 373 g/mol. The summed E-state index contributed by atoms with van der Waals surface area (Å²) in [6.45, 7) is 19.1. The van der Waals surface area contributed by atoms with Gasteiger partial charge in [0.2, 0.25) is 0 Å². The van der Waals surface area contributed by atoms with E-state index in [1.165, 1.54) is 64.2 Å². The normalized spacial score (nSPS) is 13.0. The molecule has 27 heavy (non-hydrogen) atoms. The number of hydrogen-bond donors (Lipinski definition) is 0. The molecule has 0 aliphatic rings. The Hall–Kier alpha value is -0.780. The Bertz CT molecular complexity index is 495. The quantitative estimate of drug-likeness (QED) is 0.302. The second kappa shape index (κ2) is 12.6. The van der Waals surface area contributed by atoms with Gasteiger partial charge in [-0.05, 0) is 77.7 Å². The van der Waals surface area contributed by atoms with Crippen molar-refractivity contribution in [3.05, 3.63) is 33.9 Å². The molecule has 1 aromatic carbocycles. The van der Waals surface area contributed by atoms with Gasteiger partial charge >= 0.3 is 0 Å². The fourth-order valence-corrected chi connectivity index (χ4v) is 4.87. The maximum atomic E-state index is 2.64. The van der Waals surface area contributed by atoms with Gasteiger partial charge in [0.25, 0.3) is 0 Å². The molecule has 1 unspecified atom stereocenters. The van der Waals surface area contributed by atoms with Crippen molar-refractivity contribution in [2.24, 2.45) is 0 Å². The summed E-state index contributed by atoms with van der Waals surface area (Å²) in [5.41, 5.74) is 8.49. The Balaban J connectivity index is 3.56. The number of benzene rings is 1. The molecule has 0 heterocycles. The molecule has 0 nitrogen and oxygen atoms in total. The van der Waals surface area contributed by atoms with E-state index in [2.05, 4.69) is 61.5 Å². The van der Waals surface area contributed by atoms with Gasteiger partial charge in [-0.3, -0.25) is 0 Å². The van der Waals surface area contributed by atoms with E-state index in [4.69, 9.17) is 0 Å². The molecule has 1 atom stereocenters. The van der Waals surface area contributed by atoms with Crippen LogP contribution in [0.4, 0.5) is 0 Å². The molecule has 0 N–H and O–H groups in total. The largest absolute Gasteiger partial charge is 0.0654 e. The van der Waals surface area contributed by atoms with Gasteiger partial charge in [0.15, 0.2) is 0 Å². The molecule has 0 aliphatic carbocycles. The molecule has 0 saturated carbocycles. The molecule has 0 fully saturated rings. The summed E-state index contributed by atoms with van der Waals surface area (Å²) in [5.74, 6) is 1.93. The van der Waals surface area contributed by atoms with Crippen molar-refractivity contribution in [2.75, 3.05) is 0 Å². The molecule has 0 saturated heterocycles. The van der Waals surface area contributed by atoms with E-state index in [-0.39, 0.29) is 0 Å². The molecular weight excluding hydrogens is 324 g/mol. The highest BCUT2D eigenvalue weighted by atomic mass is 14.3. The van der Waals surface area contributed by atoms with Gasteiger partial charge in [-0.25, -0.2) is 0 Å². The summed E-state index contributed by atoms with van der Waals surface area (Å²) in [5, 5.41) is 0. The average Bonchev–Trinajstić information content (AvgIpc) is 2.61. The van der Waals surface area contributed by atoms with Crippen LogP contribution in [0.15, 0.2) is 6.07 Å². The van der Waals surface area contributed by atoms with Crippen molar-refractivity contribution >= 4 is 0 Å². The van der Waals surface area contributed by atoms with E-state index in [0.717, 1.165) is 0 Å². The first kappa shape index (κ1) is 24.3. The van der Waals surface area contributed by atoms with Crippen LogP contribution >= 0.6 is 0 Å². The van der Waals surface area contributed by atoms with Crippen LogP contribution in [-0.2, 0) is 12.8 Å². The van der Waals surface area contributed by atoms with Gasteiger partial charge in [0.1, 0.15) is 0 Å². The van der Waals surface area contributed by atoms with Crippen LogP contribution in [0, 0.1) is 0 Å². The number of unbranched alkanes of at least 4 members (excludes halogenated alkanes) is 4. The zero-order valence-corrected chi connectivity index (χ0v) is 19.9. The third-order valence-electron chi connectivity index (χ3n) is 6.09. The zero-order chi connectivity index (χ0) is 20.4. The number of aryl methyl sites for hydroxylation is 2. The van der Waals surface area contributed by atoms with E-state index in [1.54, 1.807) is 27.8 Å². The first-order valence-electron chi connectivity index (χ1n) is 12.1. The molecular formula is C27H48. The molecule has 1 aromatic rings. The predicted octanol–water partition coefficient (Wildman–Crippen LogP) is 9.30. The van der Waals surface area contributed by atoms with Crippen LogP contribution in [0.25, 0.3) is 0 Å². The van der Waals surface area contributed by atoms with E-state index < -0.39 is 0 Å². The minimum Gasteiger partial charge on any atom is -0.0654 e. The minimum absolute atomic E-state index is 0.623. The Morgan fingerprint density at radius 1 is 0.593 bits per heavy atom. The van der Waals surface area contributed by atoms with Crippen molar-refractivity contribution in [1.29, 1.82) is 0 Å². The molecule has 1 rings (SSSR count). The van der Waals surface area contributed by atoms with E-state index in [1.807, 2.05) is 0 Å². The Morgan fingerprint density at radius 2 is 1.04 bits per heavy atom. The van der Waals surface area contributed by atoms with Crippen LogP contribution in [0.2, 0.25) is 0 Å². The van der Waals surface area contributed by atoms with Crippen molar-refractivity contribution < 1.29 is 0 Å². The molecule has 0 radical (unpaired) electrons. The van der Waals surface area contributed by atoms with Crippen molar-refractivity contribution in [1.82, 2.24) is 0 Å². The molecule has 0 spiro atoms. The highest BCUT2D eigenvalue weighted by molar-refractivity contribution is 5.51. The first-order valence-corrected chi connectivity index (χ1v) is 12.1. The predicted molar refractivity (Wildman–Crippen MR) is 124 cm³/mol. The Kier molecular flexibility index (Phi) is 11.4. The standard InChI is InChI=1S/C27H48/c1-9-12-14-17-23-19-24(18-15-13-10-2)26(21(6)7)27(22(8)16-11-3)25(23)20(4)5/h19-22H,9-18H2,1-8H3. The van der Waals surface area contributed by atoms with Crippen molar-refractivity contribution in [3.8, 4) is 0 Å². The molecule has 0 aliphatic heterocycles. The van der Waals surface area contributed by atoms with Gasteiger partial charge < -0.3 is 0 Å². The molecule has 0 bridgehead atoms. The molecule has 156 valence electrons. The third kappa shape index (κ3) is 6.95. The van der Waals surface area contributed by atoms with Crippen molar-refractivity contribution in [2.45, 2.75) is 137 Å². The van der Waals surface area contributed by atoms with Crippen molar-refractivity contribution in [3.63, 3.8) is 0 Å². The maximum Gasteiger partial charge on any atom is -0.0185 e. The number of hydrogen-bond acceptors (Lipinski definition) is 0. The maximum absolute atomic E-state index is 2.64. The SMILES string of the molecule is CCCCCc1cc(CCCCC)c(C(C)C)c(C(C)CCC)c1C(C)C. The second-order valence-electron chi connectivity index (χ2n) is 9.35. The van der Waals surface area contributed by atoms with Crippen LogP contribution in [-0.4, -0.2) is 0 Å². The topological polar surface area (TPSA) is 0 Å². The summed E-state index contributed by atoms with van der Waals surface area (Å²) in [6, 6.07) is 2.64. The van der Waals surface area contributed by atoms with Crippen LogP contribution < -0.4 is 0 Å². The van der Waals surface area contributed by atoms with Crippen LogP contribution in [0.5, 0.6) is 0 Å². The highest BCUT2D eigenvalue weighted by Crippen LogP contribution is 2.40. The summed E-state index contributed by atoms with van der Waals surface area (Å²) in [4.78, 5) is 0. The van der Waals surface area contributed by atoms with Gasteiger partial charge in [-0.1, -0.05) is 93.6 Å². The van der Waals surface area contributed by atoms with E-state index in [9.17, 15) is 0 Å². The third-order valence-corrected chi connectivity index (χ3v) is 6.09. The summed E-state index contributed by atoms with van der Waals surface area (Å²) in [7, 11) is 0. The summed E-state index contributed by atoms with van der Waals surface area (Å²) < 4.78 is 0.